The number of carboxylic acids is 2. The zero-order chi connectivity index (χ0) is 30.5. The number of thioether (sulfide) groups is 1. The number of quaternary nitrogens is 1. The van der Waals surface area contributed by atoms with E-state index in [4.69, 9.17) is 9.90 Å². The van der Waals surface area contributed by atoms with Crippen molar-refractivity contribution in [1.29, 1.82) is 0 Å². The lowest BCUT2D eigenvalue weighted by atomic mass is 10.0. The summed E-state index contributed by atoms with van der Waals surface area (Å²) in [5.74, 6) is -5.18. The molecule has 0 bridgehead atoms. The lowest BCUT2D eigenvalue weighted by molar-refractivity contribution is -0.409. The molecule has 2 aliphatic rings. The first-order valence-electron chi connectivity index (χ1n) is 11.9. The van der Waals surface area contributed by atoms with Gasteiger partial charge < -0.3 is 31.4 Å². The molecule has 0 radical (unpaired) electrons. The zero-order valence-electron chi connectivity index (χ0n) is 21.4. The molecule has 0 aliphatic carbocycles. The molecule has 3 amide bonds. The minimum atomic E-state index is -5.19. The summed E-state index contributed by atoms with van der Waals surface area (Å²) in [4.78, 5) is 60.8. The van der Waals surface area contributed by atoms with Crippen LogP contribution in [0.5, 0.6) is 0 Å². The summed E-state index contributed by atoms with van der Waals surface area (Å²) in [6, 6.07) is 14.7. The summed E-state index contributed by atoms with van der Waals surface area (Å²) >= 11 is 1.44. The van der Waals surface area contributed by atoms with E-state index < -0.39 is 53.4 Å². The molecule has 0 saturated carbocycles. The molecule has 1 saturated heterocycles. The molecule has 2 aromatic rings. The second-order valence-corrected chi connectivity index (χ2v) is 10.0. The van der Waals surface area contributed by atoms with Gasteiger partial charge in [0.1, 0.15) is 23.1 Å². The Morgan fingerprint density at radius 1 is 1.05 bits per heavy atom. The van der Waals surface area contributed by atoms with Gasteiger partial charge in [-0.05, 0) is 18.1 Å². The number of halogens is 3. The highest BCUT2D eigenvalue weighted by atomic mass is 32.2. The Hall–Kier alpha value is -4.37. The third-order valence-electron chi connectivity index (χ3n) is 6.08. The lowest BCUT2D eigenvalue weighted by Gasteiger charge is -2.50. The Morgan fingerprint density at radius 2 is 1.56 bits per heavy atom. The van der Waals surface area contributed by atoms with E-state index >= 15 is 0 Å². The van der Waals surface area contributed by atoms with E-state index in [-0.39, 0.29) is 11.6 Å². The van der Waals surface area contributed by atoms with Crippen molar-refractivity contribution in [3.8, 4) is 0 Å². The molecule has 15 heteroatoms. The summed E-state index contributed by atoms with van der Waals surface area (Å²) in [7, 11) is 0. The number of hydrogen-bond donors (Lipinski definition) is 4. The number of rotatable bonds is 7. The number of amides is 3. The molecule has 4 atom stereocenters. The van der Waals surface area contributed by atoms with Gasteiger partial charge in [0.25, 0.3) is 17.7 Å². The Labute approximate surface area is 235 Å². The molecule has 1 fully saturated rings. The number of alkyl halides is 3. The molecule has 0 unspecified atom stereocenters. The number of hydrogen-bond acceptors (Lipinski definition) is 7. The normalized spacial score (nSPS) is 19.4. The lowest BCUT2D eigenvalue weighted by Crippen LogP contribution is -2.73. The molecule has 0 aromatic heterocycles. The molecule has 6 N–H and O–H groups in total. The zero-order valence-corrected chi connectivity index (χ0v) is 22.2. The van der Waals surface area contributed by atoms with Gasteiger partial charge in [-0.2, -0.15) is 13.2 Å². The van der Waals surface area contributed by atoms with Gasteiger partial charge in [0.15, 0.2) is 12.1 Å². The van der Waals surface area contributed by atoms with Crippen LogP contribution in [0.1, 0.15) is 30.1 Å². The van der Waals surface area contributed by atoms with Gasteiger partial charge in [0.05, 0.1) is 0 Å². The van der Waals surface area contributed by atoms with Crippen LogP contribution < -0.4 is 21.5 Å². The molecule has 2 aromatic carbocycles. The minimum Gasteiger partial charge on any atom is -0.542 e. The smallest absolute Gasteiger partial charge is 0.430 e. The fourth-order valence-corrected chi connectivity index (χ4v) is 5.31. The largest absolute Gasteiger partial charge is 0.542 e. The Morgan fingerprint density at radius 3 is 2.05 bits per heavy atom. The van der Waals surface area contributed by atoms with Crippen LogP contribution in [-0.4, -0.2) is 63.0 Å². The third-order valence-corrected chi connectivity index (χ3v) is 7.50. The van der Waals surface area contributed by atoms with E-state index in [1.807, 2.05) is 18.2 Å². The predicted octanol–water partition coefficient (Wildman–Crippen LogP) is -0.116. The standard InChI is InChI=1S/C24H24N4O5S.C2HF3O2/c1-13-12-34-23-18(27-20(29)16(25)14-8-4-2-5-9-14)22(31)28(23)19(13)21(30)26-17(24(32)33)15-10-6-3-7-11-15;3-2(4,5)1(6)7/h2-11,16-18,23H,12,25H2,1H3,(H,26,30)(H,27,29)(H,32,33);(H,6,7)/t16-,17-,18-,23-;/m1./s1. The first-order chi connectivity index (χ1) is 19.2. The van der Waals surface area contributed by atoms with E-state index in [0.29, 0.717) is 16.9 Å². The second kappa shape index (κ2) is 12.9. The van der Waals surface area contributed by atoms with E-state index in [2.05, 4.69) is 16.4 Å². The average Bonchev–Trinajstić information content (AvgIpc) is 2.94. The number of carbonyl (C=O) groups is 5. The Kier molecular flexibility index (Phi) is 9.78. The molecule has 11 nitrogen and oxygen atoms in total. The van der Waals surface area contributed by atoms with Gasteiger partial charge >= 0.3 is 12.1 Å². The quantitative estimate of drug-likeness (QED) is 0.320. The van der Waals surface area contributed by atoms with Crippen molar-refractivity contribution in [1.82, 2.24) is 15.5 Å². The molecule has 41 heavy (non-hydrogen) atoms. The van der Waals surface area contributed by atoms with Crippen molar-refractivity contribution in [2.75, 3.05) is 5.75 Å². The van der Waals surface area contributed by atoms with Gasteiger partial charge in [-0.15, -0.1) is 11.8 Å². The van der Waals surface area contributed by atoms with Crippen molar-refractivity contribution >= 4 is 41.4 Å². The number of β-lactam (4-membered cyclic amide) rings is 1. The molecule has 0 spiro atoms. The first kappa shape index (κ1) is 31.2. The average molecular weight is 595 g/mol. The molecular formula is C26H25F3N4O7S. The number of aliphatic carboxylic acids is 2. The maximum absolute atomic E-state index is 13.1. The number of benzene rings is 2. The molecule has 2 aliphatic heterocycles. The minimum absolute atomic E-state index is 0.135. The Balaban J connectivity index is 0.000000587. The van der Waals surface area contributed by atoms with E-state index in [0.717, 1.165) is 5.56 Å². The van der Waals surface area contributed by atoms with Crippen molar-refractivity contribution in [3.05, 3.63) is 83.1 Å². The SMILES string of the molecule is CC1=C(C(=O)N[C@@H](C(=O)O)c2ccccc2)N2C(=O)[C@@H](NC(=O)[C@H]([NH3+])c3ccccc3)[C@H]2SC1.O=C([O-])C(F)(F)F. The number of carboxylic acid groups (broad SMARTS) is 2. The summed E-state index contributed by atoms with van der Waals surface area (Å²) in [6.07, 6.45) is -5.19. The highest BCUT2D eigenvalue weighted by molar-refractivity contribution is 8.00. The van der Waals surface area contributed by atoms with Crippen LogP contribution in [0.4, 0.5) is 13.2 Å². The van der Waals surface area contributed by atoms with Crippen LogP contribution in [0.25, 0.3) is 0 Å². The first-order valence-corrected chi connectivity index (χ1v) is 13.0. The fourth-order valence-electron chi connectivity index (χ4n) is 4.02. The van der Waals surface area contributed by atoms with Crippen LogP contribution in [0.15, 0.2) is 71.9 Å². The van der Waals surface area contributed by atoms with Gasteiger partial charge in [0.2, 0.25) is 0 Å². The van der Waals surface area contributed by atoms with E-state index in [1.54, 1.807) is 49.4 Å². The maximum atomic E-state index is 13.1. The van der Waals surface area contributed by atoms with Crippen molar-refractivity contribution in [3.63, 3.8) is 0 Å². The molecular weight excluding hydrogens is 569 g/mol. The van der Waals surface area contributed by atoms with Gasteiger partial charge in [-0.1, -0.05) is 60.7 Å². The number of fused-ring (bicyclic) bond motifs is 1. The number of nitrogens with one attached hydrogen (secondary N) is 2. The summed E-state index contributed by atoms with van der Waals surface area (Å²) in [5, 5.41) is 23.3. The molecule has 4 rings (SSSR count). The van der Waals surface area contributed by atoms with Crippen molar-refractivity contribution < 1.29 is 53.1 Å². The van der Waals surface area contributed by atoms with Crippen molar-refractivity contribution in [2.24, 2.45) is 0 Å². The monoisotopic (exact) mass is 594 g/mol. The van der Waals surface area contributed by atoms with Crippen LogP contribution >= 0.6 is 11.8 Å². The number of carbonyl (C=O) groups excluding carboxylic acids is 4. The second-order valence-electron chi connectivity index (χ2n) is 8.93. The van der Waals surface area contributed by atoms with Crippen molar-refractivity contribution in [2.45, 2.75) is 36.6 Å². The highest BCUT2D eigenvalue weighted by Crippen LogP contribution is 2.40. The maximum Gasteiger partial charge on any atom is 0.430 e. The number of nitrogens with zero attached hydrogens (tertiary/aromatic N) is 1. The van der Waals surface area contributed by atoms with Gasteiger partial charge in [-0.3, -0.25) is 19.3 Å². The third kappa shape index (κ3) is 7.24. The van der Waals surface area contributed by atoms with E-state index in [1.165, 1.54) is 16.7 Å². The van der Waals surface area contributed by atoms with Crippen LogP contribution in [0.2, 0.25) is 0 Å². The van der Waals surface area contributed by atoms with E-state index in [9.17, 15) is 37.5 Å². The highest BCUT2D eigenvalue weighted by Gasteiger charge is 2.54. The fraction of sp³-hybridized carbons (Fsp3) is 0.269. The topological polar surface area (TPSA) is 184 Å². The summed E-state index contributed by atoms with van der Waals surface area (Å²) in [6.45, 7) is 1.73. The Bertz CT molecular complexity index is 1360. The van der Waals surface area contributed by atoms with Gasteiger partial charge in [0, 0.05) is 11.3 Å². The predicted molar refractivity (Wildman–Crippen MR) is 136 cm³/mol. The van der Waals surface area contributed by atoms with Crippen LogP contribution in [-0.2, 0) is 24.0 Å². The van der Waals surface area contributed by atoms with Crippen LogP contribution in [0.3, 0.4) is 0 Å². The molecule has 218 valence electrons. The summed E-state index contributed by atoms with van der Waals surface area (Å²) < 4.78 is 31.5. The summed E-state index contributed by atoms with van der Waals surface area (Å²) in [5.41, 5.74) is 5.86. The molecule has 2 heterocycles. The van der Waals surface area contributed by atoms with Crippen LogP contribution in [0, 0.1) is 0 Å². The van der Waals surface area contributed by atoms with Gasteiger partial charge in [-0.25, -0.2) is 4.79 Å².